The van der Waals surface area contributed by atoms with E-state index in [2.05, 4.69) is 14.8 Å². The smallest absolute Gasteiger partial charge is 0.244 e. The van der Waals surface area contributed by atoms with Crippen LogP contribution in [-0.4, -0.2) is 49.8 Å². The van der Waals surface area contributed by atoms with Crippen LogP contribution in [-0.2, 0) is 20.0 Å². The van der Waals surface area contributed by atoms with Gasteiger partial charge in [0.25, 0.3) is 0 Å². The molecule has 132 valence electrons. The standard InChI is InChI=1S/C13H23N3O5S2/c1-4-22(17,18)16-11-6-7-13(12(10-11)21-3)23(19,20)15-9-5-8-14-2/h6-7,10,14-16H,4-5,8-9H2,1-3H3. The molecule has 0 heterocycles. The maximum absolute atomic E-state index is 12.3. The molecule has 1 aromatic rings. The number of rotatable bonds is 10. The first-order valence-corrected chi connectivity index (χ1v) is 10.2. The average Bonchev–Trinajstić information content (AvgIpc) is 2.51. The molecule has 0 fully saturated rings. The Hall–Kier alpha value is -1.36. The maximum Gasteiger partial charge on any atom is 0.244 e. The van der Waals surface area contributed by atoms with E-state index < -0.39 is 20.0 Å². The second-order valence-corrected chi connectivity index (χ2v) is 8.47. The van der Waals surface area contributed by atoms with E-state index in [9.17, 15) is 16.8 Å². The molecule has 0 saturated carbocycles. The molecule has 8 nitrogen and oxygen atoms in total. The molecule has 0 aliphatic heterocycles. The Labute approximate surface area is 137 Å². The second kappa shape index (κ2) is 8.48. The number of benzene rings is 1. The van der Waals surface area contributed by atoms with Crippen molar-refractivity contribution in [2.45, 2.75) is 18.2 Å². The van der Waals surface area contributed by atoms with E-state index in [0.717, 1.165) is 0 Å². The number of methoxy groups -OCH3 is 1. The van der Waals surface area contributed by atoms with Crippen LogP contribution in [0, 0.1) is 0 Å². The van der Waals surface area contributed by atoms with E-state index in [0.29, 0.717) is 13.0 Å². The zero-order chi connectivity index (χ0) is 17.5. The van der Waals surface area contributed by atoms with Gasteiger partial charge in [0.1, 0.15) is 10.6 Å². The van der Waals surface area contributed by atoms with Crippen molar-refractivity contribution < 1.29 is 21.6 Å². The quantitative estimate of drug-likeness (QED) is 0.516. The van der Waals surface area contributed by atoms with Crippen LogP contribution in [0.25, 0.3) is 0 Å². The Kier molecular flexibility index (Phi) is 7.26. The number of nitrogens with one attached hydrogen (secondary N) is 3. The molecule has 23 heavy (non-hydrogen) atoms. The summed E-state index contributed by atoms with van der Waals surface area (Å²) in [7, 11) is -4.06. The highest BCUT2D eigenvalue weighted by molar-refractivity contribution is 7.92. The summed E-state index contributed by atoms with van der Waals surface area (Å²) in [6.45, 7) is 2.49. The topological polar surface area (TPSA) is 114 Å². The zero-order valence-electron chi connectivity index (χ0n) is 13.4. The highest BCUT2D eigenvalue weighted by atomic mass is 32.2. The largest absolute Gasteiger partial charge is 0.495 e. The second-order valence-electron chi connectivity index (χ2n) is 4.73. The van der Waals surface area contributed by atoms with Crippen LogP contribution in [0.1, 0.15) is 13.3 Å². The van der Waals surface area contributed by atoms with E-state index in [1.54, 1.807) is 7.05 Å². The third-order valence-corrected chi connectivity index (χ3v) is 5.81. The molecule has 0 bridgehead atoms. The van der Waals surface area contributed by atoms with Crippen molar-refractivity contribution in [1.29, 1.82) is 0 Å². The Balaban J connectivity index is 2.99. The molecule has 1 rings (SSSR count). The summed E-state index contributed by atoms with van der Waals surface area (Å²) >= 11 is 0. The molecule has 0 unspecified atom stereocenters. The monoisotopic (exact) mass is 365 g/mol. The van der Waals surface area contributed by atoms with Gasteiger partial charge in [-0.05, 0) is 39.1 Å². The first-order chi connectivity index (χ1) is 10.8. The minimum atomic E-state index is -3.73. The molecule has 3 N–H and O–H groups in total. The Morgan fingerprint density at radius 2 is 1.83 bits per heavy atom. The van der Waals surface area contributed by atoms with Gasteiger partial charge in [-0.15, -0.1) is 0 Å². The predicted molar refractivity (Wildman–Crippen MR) is 89.8 cm³/mol. The molecule has 0 amide bonds. The molecule has 0 atom stereocenters. The SMILES string of the molecule is CCS(=O)(=O)Nc1ccc(S(=O)(=O)NCCCNC)c(OC)c1. The number of hydrogen-bond donors (Lipinski definition) is 3. The fourth-order valence-electron chi connectivity index (χ4n) is 1.75. The molecule has 1 aromatic carbocycles. The molecule has 0 aliphatic rings. The van der Waals surface area contributed by atoms with Gasteiger partial charge in [0, 0.05) is 12.6 Å². The lowest BCUT2D eigenvalue weighted by Gasteiger charge is -2.13. The highest BCUT2D eigenvalue weighted by Gasteiger charge is 2.20. The molecule has 0 saturated heterocycles. The van der Waals surface area contributed by atoms with Crippen molar-refractivity contribution in [3.05, 3.63) is 18.2 Å². The predicted octanol–water partition coefficient (Wildman–Crippen LogP) is 0.345. The van der Waals surface area contributed by atoms with Gasteiger partial charge in [-0.1, -0.05) is 0 Å². The molecular weight excluding hydrogens is 342 g/mol. The van der Waals surface area contributed by atoms with Crippen LogP contribution in [0.4, 0.5) is 5.69 Å². The number of hydrogen-bond acceptors (Lipinski definition) is 6. The molecule has 0 aromatic heterocycles. The first-order valence-electron chi connectivity index (χ1n) is 7.08. The van der Waals surface area contributed by atoms with Crippen molar-refractivity contribution in [1.82, 2.24) is 10.0 Å². The fraction of sp³-hybridized carbons (Fsp3) is 0.538. The molecule has 0 radical (unpaired) electrons. The van der Waals surface area contributed by atoms with E-state index in [4.69, 9.17) is 4.74 Å². The van der Waals surface area contributed by atoms with Crippen molar-refractivity contribution in [3.63, 3.8) is 0 Å². The molecule has 0 spiro atoms. The summed E-state index contributed by atoms with van der Waals surface area (Å²) in [6.07, 6.45) is 0.645. The van der Waals surface area contributed by atoms with Crippen molar-refractivity contribution >= 4 is 25.7 Å². The van der Waals surface area contributed by atoms with E-state index in [-0.39, 0.29) is 28.6 Å². The van der Waals surface area contributed by atoms with Crippen LogP contribution < -0.4 is 19.5 Å². The van der Waals surface area contributed by atoms with Gasteiger partial charge >= 0.3 is 0 Å². The first kappa shape index (κ1) is 19.7. The van der Waals surface area contributed by atoms with E-state index >= 15 is 0 Å². The lowest BCUT2D eigenvalue weighted by atomic mass is 10.3. The van der Waals surface area contributed by atoms with Gasteiger partial charge in [-0.2, -0.15) is 0 Å². The Bertz CT molecular complexity index is 717. The lowest BCUT2D eigenvalue weighted by molar-refractivity contribution is 0.402. The Morgan fingerprint density at radius 1 is 1.13 bits per heavy atom. The minimum Gasteiger partial charge on any atom is -0.495 e. The van der Waals surface area contributed by atoms with Gasteiger partial charge in [0.2, 0.25) is 20.0 Å². The third kappa shape index (κ3) is 5.98. The van der Waals surface area contributed by atoms with Crippen LogP contribution >= 0.6 is 0 Å². The summed E-state index contributed by atoms with van der Waals surface area (Å²) in [5.41, 5.74) is 0.248. The molecule has 10 heteroatoms. The van der Waals surface area contributed by atoms with Crippen LogP contribution in [0.2, 0.25) is 0 Å². The zero-order valence-corrected chi connectivity index (χ0v) is 15.1. The molecular formula is C13H23N3O5S2. The van der Waals surface area contributed by atoms with Crippen molar-refractivity contribution in [2.24, 2.45) is 0 Å². The summed E-state index contributed by atoms with van der Waals surface area (Å²) in [6, 6.07) is 4.04. The lowest BCUT2D eigenvalue weighted by Crippen LogP contribution is -2.27. The van der Waals surface area contributed by atoms with Gasteiger partial charge in [0.05, 0.1) is 18.6 Å². The van der Waals surface area contributed by atoms with Crippen LogP contribution in [0.15, 0.2) is 23.1 Å². The van der Waals surface area contributed by atoms with Gasteiger partial charge in [-0.3, -0.25) is 4.72 Å². The summed E-state index contributed by atoms with van der Waals surface area (Å²) in [5, 5.41) is 2.93. The summed E-state index contributed by atoms with van der Waals surface area (Å²) < 4.78 is 57.6. The Morgan fingerprint density at radius 3 is 2.39 bits per heavy atom. The highest BCUT2D eigenvalue weighted by Crippen LogP contribution is 2.27. The maximum atomic E-state index is 12.3. The van der Waals surface area contributed by atoms with Crippen molar-refractivity contribution in [2.75, 3.05) is 37.7 Å². The summed E-state index contributed by atoms with van der Waals surface area (Å²) in [4.78, 5) is -0.0381. The summed E-state index contributed by atoms with van der Waals surface area (Å²) in [5.74, 6) is -0.00928. The van der Waals surface area contributed by atoms with Crippen LogP contribution in [0.3, 0.4) is 0 Å². The van der Waals surface area contributed by atoms with Crippen LogP contribution in [0.5, 0.6) is 5.75 Å². The third-order valence-electron chi connectivity index (χ3n) is 3.00. The van der Waals surface area contributed by atoms with Gasteiger partial charge in [-0.25, -0.2) is 21.6 Å². The number of anilines is 1. The fourth-order valence-corrected chi connectivity index (χ4v) is 3.61. The van der Waals surface area contributed by atoms with E-state index in [1.807, 2.05) is 0 Å². The van der Waals surface area contributed by atoms with Gasteiger partial charge in [0.15, 0.2) is 0 Å². The number of sulfonamides is 2. The van der Waals surface area contributed by atoms with Crippen molar-refractivity contribution in [3.8, 4) is 5.75 Å². The van der Waals surface area contributed by atoms with E-state index in [1.165, 1.54) is 32.2 Å². The van der Waals surface area contributed by atoms with Gasteiger partial charge < -0.3 is 10.1 Å². The minimum absolute atomic E-state index is 0.0381. The normalized spacial score (nSPS) is 12.1. The number of ether oxygens (including phenoxy) is 1. The molecule has 0 aliphatic carbocycles. The average molecular weight is 365 g/mol.